The third kappa shape index (κ3) is 2.30. The van der Waals surface area contributed by atoms with Crippen molar-refractivity contribution in [3.05, 3.63) is 24.2 Å². The summed E-state index contributed by atoms with van der Waals surface area (Å²) < 4.78 is 7.73. The van der Waals surface area contributed by atoms with E-state index in [0.29, 0.717) is 0 Å². The summed E-state index contributed by atoms with van der Waals surface area (Å²) in [5.74, 6) is 4.50. The van der Waals surface area contributed by atoms with E-state index in [2.05, 4.69) is 27.8 Å². The van der Waals surface area contributed by atoms with Gasteiger partial charge in [-0.15, -0.1) is 0 Å². The van der Waals surface area contributed by atoms with Crippen LogP contribution in [-0.2, 0) is 13.0 Å². The summed E-state index contributed by atoms with van der Waals surface area (Å²) in [6, 6.07) is 2.02. The van der Waals surface area contributed by atoms with Gasteiger partial charge in [0.05, 0.1) is 5.69 Å². The van der Waals surface area contributed by atoms with Crippen molar-refractivity contribution in [1.82, 2.24) is 14.7 Å². The van der Waals surface area contributed by atoms with Crippen molar-refractivity contribution in [3.8, 4) is 11.6 Å². The first-order chi connectivity index (χ1) is 10.3. The van der Waals surface area contributed by atoms with Crippen LogP contribution < -0.4 is 0 Å². The van der Waals surface area contributed by atoms with Crippen LogP contribution in [0.3, 0.4) is 0 Å². The van der Waals surface area contributed by atoms with E-state index in [0.717, 1.165) is 48.0 Å². The molecule has 0 aromatic carbocycles. The van der Waals surface area contributed by atoms with Crippen LogP contribution >= 0.6 is 0 Å². The van der Waals surface area contributed by atoms with Crippen LogP contribution in [0.2, 0.25) is 0 Å². The molecule has 0 bridgehead atoms. The van der Waals surface area contributed by atoms with E-state index >= 15 is 0 Å². The maximum Gasteiger partial charge on any atom is 0.202 e. The van der Waals surface area contributed by atoms with Gasteiger partial charge in [-0.2, -0.15) is 0 Å². The zero-order valence-electron chi connectivity index (χ0n) is 12.7. The number of nitrogens with zero attached hydrogens (tertiary/aromatic N) is 3. The molecule has 0 aliphatic heterocycles. The lowest BCUT2D eigenvalue weighted by molar-refractivity contribution is 0.315. The first-order valence-corrected chi connectivity index (χ1v) is 8.32. The molecule has 2 aliphatic rings. The Balaban J connectivity index is 1.55. The summed E-state index contributed by atoms with van der Waals surface area (Å²) in [4.78, 5) is 4.49. The van der Waals surface area contributed by atoms with E-state index in [1.165, 1.54) is 32.1 Å². The van der Waals surface area contributed by atoms with Gasteiger partial charge in [-0.3, -0.25) is 0 Å². The Bertz CT molecular complexity index is 615. The Hall–Kier alpha value is -1.58. The minimum absolute atomic E-state index is 0.804. The Morgan fingerprint density at radius 2 is 2.24 bits per heavy atom. The second-order valence-electron chi connectivity index (χ2n) is 6.63. The monoisotopic (exact) mass is 285 g/mol. The standard InChI is InChI=1S/C17H23N3O/c1-2-14-10-16(21-19-14)17-18-8-9-20(17)11-13-7-6-12-4-3-5-15(12)13/h8-10,12-13,15H,2-7,11H2,1H3/t12-,13+,15-/m1/s1. The fraction of sp³-hybridized carbons (Fsp3) is 0.647. The van der Waals surface area contributed by atoms with Crippen LogP contribution in [0.25, 0.3) is 11.6 Å². The zero-order valence-corrected chi connectivity index (χ0v) is 12.7. The maximum atomic E-state index is 5.46. The number of fused-ring (bicyclic) bond motifs is 1. The molecule has 0 unspecified atom stereocenters. The lowest BCUT2D eigenvalue weighted by atomic mass is 9.92. The van der Waals surface area contributed by atoms with E-state index in [4.69, 9.17) is 4.52 Å². The number of aromatic nitrogens is 3. The van der Waals surface area contributed by atoms with Gasteiger partial charge in [0.2, 0.25) is 5.76 Å². The molecule has 4 nitrogen and oxygen atoms in total. The van der Waals surface area contributed by atoms with Crippen LogP contribution in [0.1, 0.15) is 44.7 Å². The normalized spacial score (nSPS) is 28.1. The molecular weight excluding hydrogens is 262 g/mol. The lowest BCUT2D eigenvalue weighted by Gasteiger charge is -2.19. The topological polar surface area (TPSA) is 43.9 Å². The van der Waals surface area contributed by atoms with Crippen molar-refractivity contribution in [3.63, 3.8) is 0 Å². The molecule has 0 N–H and O–H groups in total. The lowest BCUT2D eigenvalue weighted by Crippen LogP contribution is -2.16. The highest BCUT2D eigenvalue weighted by Gasteiger charge is 2.39. The Labute approximate surface area is 125 Å². The van der Waals surface area contributed by atoms with Crippen molar-refractivity contribution in [2.45, 2.75) is 52.0 Å². The molecule has 112 valence electrons. The van der Waals surface area contributed by atoms with Crippen molar-refractivity contribution in [2.75, 3.05) is 0 Å². The number of rotatable bonds is 4. The summed E-state index contributed by atoms with van der Waals surface area (Å²) in [7, 11) is 0. The van der Waals surface area contributed by atoms with Gasteiger partial charge in [0.25, 0.3) is 0 Å². The Kier molecular flexibility index (Phi) is 3.32. The van der Waals surface area contributed by atoms with Crippen LogP contribution in [-0.4, -0.2) is 14.7 Å². The predicted octanol–water partition coefficient (Wildman–Crippen LogP) is 3.93. The quantitative estimate of drug-likeness (QED) is 0.855. The fourth-order valence-corrected chi connectivity index (χ4v) is 4.43. The highest BCUT2D eigenvalue weighted by atomic mass is 16.5. The smallest absolute Gasteiger partial charge is 0.202 e. The molecule has 4 heteroatoms. The first-order valence-electron chi connectivity index (χ1n) is 8.32. The van der Waals surface area contributed by atoms with E-state index in [-0.39, 0.29) is 0 Å². The third-order valence-corrected chi connectivity index (χ3v) is 5.52. The van der Waals surface area contributed by atoms with Crippen molar-refractivity contribution >= 4 is 0 Å². The highest BCUT2D eigenvalue weighted by Crippen LogP contribution is 2.48. The molecule has 2 fully saturated rings. The summed E-state index contributed by atoms with van der Waals surface area (Å²) in [6.07, 6.45) is 12.0. The average Bonchev–Trinajstić information content (AvgIpc) is 3.24. The predicted molar refractivity (Wildman–Crippen MR) is 80.7 cm³/mol. The van der Waals surface area contributed by atoms with Crippen molar-refractivity contribution in [1.29, 1.82) is 0 Å². The van der Waals surface area contributed by atoms with Crippen LogP contribution in [0, 0.1) is 17.8 Å². The zero-order chi connectivity index (χ0) is 14.2. The van der Waals surface area contributed by atoms with Crippen molar-refractivity contribution in [2.24, 2.45) is 17.8 Å². The molecule has 0 spiro atoms. The van der Waals surface area contributed by atoms with E-state index in [1.807, 2.05) is 12.3 Å². The van der Waals surface area contributed by atoms with Gasteiger partial charge < -0.3 is 9.09 Å². The Morgan fingerprint density at radius 1 is 1.29 bits per heavy atom. The molecule has 2 heterocycles. The molecule has 3 atom stereocenters. The van der Waals surface area contributed by atoms with Gasteiger partial charge in [-0.05, 0) is 43.4 Å². The molecule has 0 amide bonds. The largest absolute Gasteiger partial charge is 0.353 e. The van der Waals surface area contributed by atoms with Crippen LogP contribution in [0.15, 0.2) is 23.0 Å². The first kappa shape index (κ1) is 13.1. The number of aryl methyl sites for hydroxylation is 1. The second-order valence-corrected chi connectivity index (χ2v) is 6.63. The SMILES string of the molecule is CCc1cc(-c2nccn2C[C@@H]2CC[C@H]3CCC[C@H]32)on1. The summed E-state index contributed by atoms with van der Waals surface area (Å²) in [5.41, 5.74) is 0.997. The minimum Gasteiger partial charge on any atom is -0.353 e. The van der Waals surface area contributed by atoms with Crippen LogP contribution in [0.5, 0.6) is 0 Å². The maximum absolute atomic E-state index is 5.46. The molecule has 21 heavy (non-hydrogen) atoms. The van der Waals surface area contributed by atoms with Gasteiger partial charge in [0.1, 0.15) is 0 Å². The molecule has 2 aromatic heterocycles. The fourth-order valence-electron chi connectivity index (χ4n) is 4.43. The van der Waals surface area contributed by atoms with Gasteiger partial charge >= 0.3 is 0 Å². The van der Waals surface area contributed by atoms with Crippen molar-refractivity contribution < 1.29 is 4.52 Å². The Morgan fingerprint density at radius 3 is 3.10 bits per heavy atom. The van der Waals surface area contributed by atoms with Gasteiger partial charge in [-0.1, -0.05) is 24.9 Å². The van der Waals surface area contributed by atoms with E-state index < -0.39 is 0 Å². The minimum atomic E-state index is 0.804. The second kappa shape index (κ2) is 5.32. The van der Waals surface area contributed by atoms with E-state index in [9.17, 15) is 0 Å². The highest BCUT2D eigenvalue weighted by molar-refractivity contribution is 5.47. The van der Waals surface area contributed by atoms with Gasteiger partial charge in [0, 0.05) is 25.0 Å². The van der Waals surface area contributed by atoms with E-state index in [1.54, 1.807) is 0 Å². The van der Waals surface area contributed by atoms with Crippen LogP contribution in [0.4, 0.5) is 0 Å². The summed E-state index contributed by atoms with van der Waals surface area (Å²) in [6.45, 7) is 3.17. The molecule has 2 aliphatic carbocycles. The van der Waals surface area contributed by atoms with Gasteiger partial charge in [0.15, 0.2) is 5.82 Å². The third-order valence-electron chi connectivity index (χ3n) is 5.52. The van der Waals surface area contributed by atoms with Gasteiger partial charge in [-0.25, -0.2) is 4.98 Å². The number of hydrogen-bond donors (Lipinski definition) is 0. The summed E-state index contributed by atoms with van der Waals surface area (Å²) in [5, 5.41) is 4.09. The summed E-state index contributed by atoms with van der Waals surface area (Å²) >= 11 is 0. The number of hydrogen-bond acceptors (Lipinski definition) is 3. The molecule has 2 saturated carbocycles. The molecule has 2 aromatic rings. The molecule has 0 radical (unpaired) electrons. The molecule has 4 rings (SSSR count). The number of imidazole rings is 1. The molecule has 0 saturated heterocycles. The average molecular weight is 285 g/mol. The molecular formula is C17H23N3O.